The highest BCUT2D eigenvalue weighted by Crippen LogP contribution is 2.27. The fourth-order valence-corrected chi connectivity index (χ4v) is 2.01. The van der Waals surface area contributed by atoms with Crippen LogP contribution in [0.15, 0.2) is 0 Å². The van der Waals surface area contributed by atoms with Gasteiger partial charge in [0.2, 0.25) is 0 Å². The minimum atomic E-state index is -0.0318. The number of hydrogen-bond donors (Lipinski definition) is 1. The first kappa shape index (κ1) is 10.0. The third-order valence-corrected chi connectivity index (χ3v) is 2.79. The van der Waals surface area contributed by atoms with E-state index in [0.29, 0.717) is 5.92 Å². The number of methoxy groups -OCH3 is 1. The van der Waals surface area contributed by atoms with Crippen molar-refractivity contribution in [2.75, 3.05) is 13.7 Å². The van der Waals surface area contributed by atoms with Gasteiger partial charge in [-0.3, -0.25) is 0 Å². The summed E-state index contributed by atoms with van der Waals surface area (Å²) in [6, 6.07) is 0. The van der Waals surface area contributed by atoms with Gasteiger partial charge in [-0.15, -0.1) is 0 Å². The quantitative estimate of drug-likeness (QED) is 0.657. The highest BCUT2D eigenvalue weighted by Gasteiger charge is 2.21. The molecule has 12 heavy (non-hydrogen) atoms. The first-order valence-corrected chi connectivity index (χ1v) is 5.01. The van der Waals surface area contributed by atoms with Gasteiger partial charge in [0.1, 0.15) is 0 Å². The molecule has 0 amide bonds. The Morgan fingerprint density at radius 3 is 2.75 bits per heavy atom. The lowest BCUT2D eigenvalue weighted by Crippen LogP contribution is -2.24. The molecular weight excluding hydrogens is 152 g/mol. The summed E-state index contributed by atoms with van der Waals surface area (Å²) < 4.78 is 4.99. The molecule has 0 aromatic rings. The minimum Gasteiger partial charge on any atom is -0.393 e. The van der Waals surface area contributed by atoms with E-state index in [-0.39, 0.29) is 6.10 Å². The molecule has 2 atom stereocenters. The smallest absolute Gasteiger partial charge is 0.0568 e. The minimum absolute atomic E-state index is 0.0318. The van der Waals surface area contributed by atoms with Crippen LogP contribution < -0.4 is 0 Å². The Balaban J connectivity index is 2.11. The lowest BCUT2D eigenvalue weighted by Gasteiger charge is -2.27. The normalized spacial score (nSPS) is 30.5. The molecule has 0 aliphatic heterocycles. The SMILES string of the molecule is COCCCC1CCCCC1O. The molecule has 0 spiro atoms. The van der Waals surface area contributed by atoms with Gasteiger partial charge in [-0.2, -0.15) is 0 Å². The standard InChI is InChI=1S/C10H20O2/c1-12-8-4-6-9-5-2-3-7-10(9)11/h9-11H,2-8H2,1H3. The molecule has 1 saturated carbocycles. The molecule has 0 aromatic carbocycles. The highest BCUT2D eigenvalue weighted by molar-refractivity contribution is 4.74. The molecule has 0 heterocycles. The van der Waals surface area contributed by atoms with E-state index in [2.05, 4.69) is 0 Å². The van der Waals surface area contributed by atoms with Gasteiger partial charge >= 0.3 is 0 Å². The Morgan fingerprint density at radius 2 is 2.08 bits per heavy atom. The number of rotatable bonds is 4. The van der Waals surface area contributed by atoms with E-state index in [0.717, 1.165) is 25.9 Å². The van der Waals surface area contributed by atoms with Gasteiger partial charge in [0.05, 0.1) is 6.10 Å². The van der Waals surface area contributed by atoms with Crippen LogP contribution in [0.3, 0.4) is 0 Å². The van der Waals surface area contributed by atoms with Crippen molar-refractivity contribution in [3.63, 3.8) is 0 Å². The van der Waals surface area contributed by atoms with Gasteiger partial charge in [-0.05, 0) is 31.6 Å². The molecule has 0 bridgehead atoms. The fourth-order valence-electron chi connectivity index (χ4n) is 2.01. The monoisotopic (exact) mass is 172 g/mol. The number of ether oxygens (including phenoxy) is 1. The predicted molar refractivity (Wildman–Crippen MR) is 49.1 cm³/mol. The van der Waals surface area contributed by atoms with Crippen molar-refractivity contribution in [1.82, 2.24) is 0 Å². The Hall–Kier alpha value is -0.0800. The average molecular weight is 172 g/mol. The van der Waals surface area contributed by atoms with Crippen LogP contribution in [0.25, 0.3) is 0 Å². The zero-order chi connectivity index (χ0) is 8.81. The third-order valence-electron chi connectivity index (χ3n) is 2.79. The maximum Gasteiger partial charge on any atom is 0.0568 e. The Labute approximate surface area is 74.9 Å². The van der Waals surface area contributed by atoms with Crippen molar-refractivity contribution >= 4 is 0 Å². The average Bonchev–Trinajstić information content (AvgIpc) is 2.09. The van der Waals surface area contributed by atoms with E-state index in [1.54, 1.807) is 7.11 Å². The molecule has 2 unspecified atom stereocenters. The lowest BCUT2D eigenvalue weighted by atomic mass is 9.84. The van der Waals surface area contributed by atoms with E-state index in [9.17, 15) is 5.11 Å². The second-order valence-electron chi connectivity index (χ2n) is 3.75. The van der Waals surface area contributed by atoms with E-state index < -0.39 is 0 Å². The van der Waals surface area contributed by atoms with E-state index >= 15 is 0 Å². The van der Waals surface area contributed by atoms with Gasteiger partial charge in [0.25, 0.3) is 0 Å². The number of aliphatic hydroxyl groups is 1. The Kier molecular flexibility index (Phi) is 4.62. The zero-order valence-electron chi connectivity index (χ0n) is 7.96. The molecule has 1 N–H and O–H groups in total. The van der Waals surface area contributed by atoms with Gasteiger partial charge in [-0.25, -0.2) is 0 Å². The molecule has 1 fully saturated rings. The van der Waals surface area contributed by atoms with Crippen molar-refractivity contribution in [2.24, 2.45) is 5.92 Å². The highest BCUT2D eigenvalue weighted by atomic mass is 16.5. The molecule has 1 aliphatic rings. The molecule has 1 rings (SSSR count). The predicted octanol–water partition coefficient (Wildman–Crippen LogP) is 1.96. The summed E-state index contributed by atoms with van der Waals surface area (Å²) in [6.07, 6.45) is 6.93. The number of hydrogen-bond acceptors (Lipinski definition) is 2. The topological polar surface area (TPSA) is 29.5 Å². The molecule has 0 aromatic heterocycles. The van der Waals surface area contributed by atoms with Gasteiger partial charge in [0.15, 0.2) is 0 Å². The molecule has 2 nitrogen and oxygen atoms in total. The van der Waals surface area contributed by atoms with Crippen LogP contribution in [-0.2, 0) is 4.74 Å². The summed E-state index contributed by atoms with van der Waals surface area (Å²) in [5.41, 5.74) is 0. The van der Waals surface area contributed by atoms with Crippen LogP contribution in [-0.4, -0.2) is 24.9 Å². The van der Waals surface area contributed by atoms with Crippen LogP contribution in [0.1, 0.15) is 38.5 Å². The van der Waals surface area contributed by atoms with Crippen molar-refractivity contribution in [3.8, 4) is 0 Å². The molecular formula is C10H20O2. The second-order valence-corrected chi connectivity index (χ2v) is 3.75. The molecule has 72 valence electrons. The van der Waals surface area contributed by atoms with Gasteiger partial charge in [-0.1, -0.05) is 12.8 Å². The van der Waals surface area contributed by atoms with Crippen molar-refractivity contribution in [2.45, 2.75) is 44.6 Å². The van der Waals surface area contributed by atoms with Crippen LogP contribution in [0.2, 0.25) is 0 Å². The van der Waals surface area contributed by atoms with Crippen LogP contribution in [0, 0.1) is 5.92 Å². The Bertz CT molecular complexity index is 114. The lowest BCUT2D eigenvalue weighted by molar-refractivity contribution is 0.0593. The first-order chi connectivity index (χ1) is 5.84. The molecule has 0 radical (unpaired) electrons. The van der Waals surface area contributed by atoms with Crippen molar-refractivity contribution in [1.29, 1.82) is 0 Å². The molecule has 1 aliphatic carbocycles. The fraction of sp³-hybridized carbons (Fsp3) is 1.00. The third kappa shape index (κ3) is 3.11. The summed E-state index contributed by atoms with van der Waals surface area (Å²) in [5.74, 6) is 0.550. The first-order valence-electron chi connectivity index (χ1n) is 5.01. The summed E-state index contributed by atoms with van der Waals surface area (Å²) >= 11 is 0. The summed E-state index contributed by atoms with van der Waals surface area (Å²) in [5, 5.41) is 9.63. The zero-order valence-corrected chi connectivity index (χ0v) is 7.96. The number of aliphatic hydroxyl groups excluding tert-OH is 1. The van der Waals surface area contributed by atoms with E-state index in [1.807, 2.05) is 0 Å². The van der Waals surface area contributed by atoms with E-state index in [4.69, 9.17) is 4.74 Å². The molecule has 0 saturated heterocycles. The van der Waals surface area contributed by atoms with Crippen molar-refractivity contribution in [3.05, 3.63) is 0 Å². The van der Waals surface area contributed by atoms with Crippen LogP contribution >= 0.6 is 0 Å². The van der Waals surface area contributed by atoms with Crippen LogP contribution in [0.5, 0.6) is 0 Å². The van der Waals surface area contributed by atoms with Gasteiger partial charge in [0, 0.05) is 13.7 Å². The molecule has 2 heteroatoms. The largest absolute Gasteiger partial charge is 0.393 e. The Morgan fingerprint density at radius 1 is 1.33 bits per heavy atom. The second kappa shape index (κ2) is 5.55. The maximum absolute atomic E-state index is 9.63. The summed E-state index contributed by atoms with van der Waals surface area (Å²) in [4.78, 5) is 0. The van der Waals surface area contributed by atoms with Crippen LogP contribution in [0.4, 0.5) is 0 Å². The van der Waals surface area contributed by atoms with Crippen molar-refractivity contribution < 1.29 is 9.84 Å². The summed E-state index contributed by atoms with van der Waals surface area (Å²) in [7, 11) is 1.73. The summed E-state index contributed by atoms with van der Waals surface area (Å²) in [6.45, 7) is 0.837. The van der Waals surface area contributed by atoms with E-state index in [1.165, 1.54) is 19.3 Å². The van der Waals surface area contributed by atoms with Gasteiger partial charge < -0.3 is 9.84 Å². The maximum atomic E-state index is 9.63.